The van der Waals surface area contributed by atoms with E-state index in [1.54, 1.807) is 11.0 Å². The lowest BCUT2D eigenvalue weighted by molar-refractivity contribution is -0.192. The summed E-state index contributed by atoms with van der Waals surface area (Å²) >= 11 is 0. The number of carboxylic acid groups (broad SMARTS) is 1. The number of alkyl halides is 3. The molecule has 1 aliphatic rings. The number of aliphatic carboxylic acids is 1. The first-order chi connectivity index (χ1) is 22.7. The number of carboxylic acids is 1. The third-order valence-electron chi connectivity index (χ3n) is 7.24. The molecule has 15 heteroatoms. The van der Waals surface area contributed by atoms with Crippen LogP contribution in [-0.2, 0) is 16.6 Å². The van der Waals surface area contributed by atoms with E-state index in [9.17, 15) is 13.2 Å². The summed E-state index contributed by atoms with van der Waals surface area (Å²) in [5, 5.41) is 20.5. The molecule has 0 unspecified atom stereocenters. The van der Waals surface area contributed by atoms with Crippen molar-refractivity contribution in [2.24, 2.45) is 7.05 Å². The van der Waals surface area contributed by atoms with Crippen LogP contribution in [0.15, 0.2) is 91.6 Å². The van der Waals surface area contributed by atoms with Gasteiger partial charge in [-0.1, -0.05) is 42.5 Å². The third kappa shape index (κ3) is 7.20. The maximum atomic E-state index is 10.6. The highest BCUT2D eigenvalue weighted by Crippen LogP contribution is 2.37. The van der Waals surface area contributed by atoms with Gasteiger partial charge in [0.05, 0.1) is 30.6 Å². The first kappa shape index (κ1) is 31.2. The van der Waals surface area contributed by atoms with Crippen LogP contribution in [0.1, 0.15) is 0 Å². The summed E-state index contributed by atoms with van der Waals surface area (Å²) in [5.74, 6) is -1.52. The molecule has 0 saturated carbocycles. The molecular weight excluding hydrogens is 615 g/mol. The summed E-state index contributed by atoms with van der Waals surface area (Å²) in [5.41, 5.74) is 6.92. The van der Waals surface area contributed by atoms with Gasteiger partial charge in [0.1, 0.15) is 6.33 Å². The monoisotopic (exact) mass is 643 g/mol. The molecule has 4 heterocycles. The summed E-state index contributed by atoms with van der Waals surface area (Å²) in [6.07, 6.45) is 2.43. The van der Waals surface area contributed by atoms with E-state index < -0.39 is 12.1 Å². The van der Waals surface area contributed by atoms with Gasteiger partial charge in [-0.15, -0.1) is 5.10 Å². The minimum Gasteiger partial charge on any atom is -0.475 e. The summed E-state index contributed by atoms with van der Waals surface area (Å²) in [4.78, 5) is 25.1. The van der Waals surface area contributed by atoms with Crippen molar-refractivity contribution in [3.05, 3.63) is 91.6 Å². The molecule has 3 aromatic heterocycles. The van der Waals surface area contributed by atoms with Crippen LogP contribution in [-0.4, -0.2) is 78.1 Å². The van der Waals surface area contributed by atoms with Gasteiger partial charge < -0.3 is 20.1 Å². The van der Waals surface area contributed by atoms with Crippen LogP contribution in [0.25, 0.3) is 38.8 Å². The van der Waals surface area contributed by atoms with Crippen LogP contribution in [0, 0.1) is 0 Å². The lowest BCUT2D eigenvalue weighted by Gasteiger charge is -2.25. The predicted octanol–water partition coefficient (Wildman–Crippen LogP) is 5.49. The first-order valence-electron chi connectivity index (χ1n) is 14.4. The zero-order valence-corrected chi connectivity index (χ0v) is 25.0. The van der Waals surface area contributed by atoms with Crippen molar-refractivity contribution in [1.82, 2.24) is 34.5 Å². The molecule has 6 aromatic rings. The van der Waals surface area contributed by atoms with Crippen LogP contribution in [0.5, 0.6) is 0 Å². The van der Waals surface area contributed by atoms with E-state index in [-0.39, 0.29) is 0 Å². The molecule has 0 spiro atoms. The molecule has 240 valence electrons. The number of aromatic nitrogens is 7. The van der Waals surface area contributed by atoms with E-state index in [4.69, 9.17) is 19.6 Å². The van der Waals surface area contributed by atoms with E-state index in [1.165, 1.54) is 0 Å². The number of anilines is 3. The SMILES string of the molecule is Cn1cc(-c2ccc3cnc(Nc4ccc(-n5cnc(N6CCOCC6)n5)cc4)nc3c2-c2ccccc2)cn1.O=C(O)C(F)(F)F. The minimum absolute atomic E-state index is 0.524. The van der Waals surface area contributed by atoms with Crippen molar-refractivity contribution in [2.45, 2.75) is 6.18 Å². The summed E-state index contributed by atoms with van der Waals surface area (Å²) < 4.78 is 40.8. The van der Waals surface area contributed by atoms with Crippen molar-refractivity contribution >= 4 is 34.5 Å². The van der Waals surface area contributed by atoms with Gasteiger partial charge in [-0.05, 0) is 35.4 Å². The zero-order valence-electron chi connectivity index (χ0n) is 25.0. The maximum Gasteiger partial charge on any atom is 0.490 e. The Morgan fingerprint density at radius 3 is 2.32 bits per heavy atom. The lowest BCUT2D eigenvalue weighted by atomic mass is 9.94. The number of hydrogen-bond acceptors (Lipinski definition) is 9. The molecule has 1 fully saturated rings. The largest absolute Gasteiger partial charge is 0.490 e. The molecule has 2 N–H and O–H groups in total. The average molecular weight is 644 g/mol. The third-order valence-corrected chi connectivity index (χ3v) is 7.24. The normalized spacial score (nSPS) is 13.2. The molecule has 0 amide bonds. The van der Waals surface area contributed by atoms with Crippen LogP contribution < -0.4 is 10.2 Å². The second-order valence-corrected chi connectivity index (χ2v) is 10.5. The topological polar surface area (TPSA) is 136 Å². The van der Waals surface area contributed by atoms with Crippen molar-refractivity contribution in [2.75, 3.05) is 36.5 Å². The molecule has 1 aliphatic heterocycles. The molecule has 0 bridgehead atoms. The summed E-state index contributed by atoms with van der Waals surface area (Å²) in [6, 6.07) is 22.5. The highest BCUT2D eigenvalue weighted by atomic mass is 19.4. The molecule has 1 saturated heterocycles. The maximum absolute atomic E-state index is 10.6. The Morgan fingerprint density at radius 1 is 0.936 bits per heavy atom. The Bertz CT molecular complexity index is 1990. The fourth-order valence-electron chi connectivity index (χ4n) is 4.97. The second kappa shape index (κ2) is 13.3. The number of aryl methyl sites for hydroxylation is 1. The first-order valence-corrected chi connectivity index (χ1v) is 14.4. The number of nitrogens with one attached hydrogen (secondary N) is 1. The predicted molar refractivity (Wildman–Crippen MR) is 169 cm³/mol. The smallest absolute Gasteiger partial charge is 0.475 e. The fourth-order valence-corrected chi connectivity index (χ4v) is 4.97. The molecule has 0 aliphatic carbocycles. The number of halogens is 3. The van der Waals surface area contributed by atoms with Crippen LogP contribution in [0.3, 0.4) is 0 Å². The lowest BCUT2D eigenvalue weighted by Crippen LogP contribution is -2.37. The molecular formula is C32H28F3N9O3. The standard InChI is InChI=1S/C30H27N9O.C2HF3O2/c1-37-19-23(18-33-37)26-12-7-22-17-31-29(35-28(22)27(26)21-5-3-2-4-6-21)34-24-8-10-25(11-9-24)39-20-32-30(36-39)38-13-15-40-16-14-38;3-2(4,5)1(6)7/h2-12,17-20H,13-16H2,1H3,(H,31,34,35);(H,6,7). The minimum atomic E-state index is -5.08. The number of ether oxygens (including phenoxy) is 1. The van der Waals surface area contributed by atoms with Crippen molar-refractivity contribution in [3.63, 3.8) is 0 Å². The Balaban J connectivity index is 0.000000499. The molecule has 7 rings (SSSR count). The van der Waals surface area contributed by atoms with Gasteiger partial charge >= 0.3 is 12.1 Å². The van der Waals surface area contributed by atoms with Gasteiger partial charge in [0, 0.05) is 54.7 Å². The van der Waals surface area contributed by atoms with E-state index in [2.05, 4.69) is 54.6 Å². The van der Waals surface area contributed by atoms with Gasteiger partial charge in [0.2, 0.25) is 11.9 Å². The highest BCUT2D eigenvalue weighted by molar-refractivity contribution is 6.02. The summed E-state index contributed by atoms with van der Waals surface area (Å²) in [6.45, 7) is 3.00. The molecule has 3 aromatic carbocycles. The number of benzene rings is 3. The number of fused-ring (bicyclic) bond motifs is 1. The van der Waals surface area contributed by atoms with Crippen molar-refractivity contribution in [1.29, 1.82) is 0 Å². The van der Waals surface area contributed by atoms with E-state index in [0.29, 0.717) is 19.2 Å². The highest BCUT2D eigenvalue weighted by Gasteiger charge is 2.38. The van der Waals surface area contributed by atoms with Gasteiger partial charge in [-0.3, -0.25) is 4.68 Å². The van der Waals surface area contributed by atoms with Crippen LogP contribution in [0.2, 0.25) is 0 Å². The quantitative estimate of drug-likeness (QED) is 0.240. The Kier molecular flexibility index (Phi) is 8.79. The number of nitrogens with zero attached hydrogens (tertiary/aromatic N) is 8. The second-order valence-electron chi connectivity index (χ2n) is 10.5. The van der Waals surface area contributed by atoms with Crippen LogP contribution in [0.4, 0.5) is 30.8 Å². The van der Waals surface area contributed by atoms with Gasteiger partial charge in [-0.2, -0.15) is 23.3 Å². The molecule has 47 heavy (non-hydrogen) atoms. The Labute approximate surface area is 266 Å². The van der Waals surface area contributed by atoms with Gasteiger partial charge in [-0.25, -0.2) is 19.4 Å². The Hall–Kier alpha value is -5.83. The molecule has 0 atom stereocenters. The van der Waals surface area contributed by atoms with Gasteiger partial charge in [0.15, 0.2) is 0 Å². The van der Waals surface area contributed by atoms with Gasteiger partial charge in [0.25, 0.3) is 0 Å². The van der Waals surface area contributed by atoms with Crippen LogP contribution >= 0.6 is 0 Å². The van der Waals surface area contributed by atoms with E-state index >= 15 is 0 Å². The number of morpholine rings is 1. The molecule has 0 radical (unpaired) electrons. The number of hydrogen-bond donors (Lipinski definition) is 2. The molecule has 12 nitrogen and oxygen atoms in total. The zero-order chi connectivity index (χ0) is 33.0. The van der Waals surface area contributed by atoms with E-state index in [1.807, 2.05) is 72.8 Å². The summed E-state index contributed by atoms with van der Waals surface area (Å²) in [7, 11) is 1.92. The van der Waals surface area contributed by atoms with E-state index in [0.717, 1.165) is 63.6 Å². The average Bonchev–Trinajstić information content (AvgIpc) is 3.75. The number of carbonyl (C=O) groups is 1. The number of rotatable bonds is 6. The Morgan fingerprint density at radius 2 is 1.66 bits per heavy atom. The van der Waals surface area contributed by atoms with Crippen molar-refractivity contribution in [3.8, 4) is 27.9 Å². The van der Waals surface area contributed by atoms with Crippen molar-refractivity contribution < 1.29 is 27.8 Å². The fraction of sp³-hybridized carbons (Fsp3) is 0.188.